The van der Waals surface area contributed by atoms with Crippen molar-refractivity contribution in [2.45, 2.75) is 19.8 Å². The molecule has 0 spiro atoms. The van der Waals surface area contributed by atoms with Crippen LogP contribution in [0.2, 0.25) is 0 Å². The number of hydrogen-bond acceptors (Lipinski definition) is 6. The molecule has 4 rings (SSSR count). The second-order valence-electron chi connectivity index (χ2n) is 7.96. The van der Waals surface area contributed by atoms with Crippen LogP contribution in [0.1, 0.15) is 18.4 Å². The maximum Gasteiger partial charge on any atom is 0.223 e. The van der Waals surface area contributed by atoms with Crippen LogP contribution in [0.4, 0.5) is 5.13 Å². The monoisotopic (exact) mass is 412 g/mol. The Kier molecular flexibility index (Phi) is 5.82. The van der Waals surface area contributed by atoms with Crippen LogP contribution in [0.3, 0.4) is 0 Å². The van der Waals surface area contributed by atoms with Gasteiger partial charge in [-0.05, 0) is 33.9 Å². The molecule has 1 fully saturated rings. The van der Waals surface area contributed by atoms with Crippen LogP contribution >= 0.6 is 11.3 Å². The molecule has 0 unspecified atom stereocenters. The zero-order valence-corrected chi connectivity index (χ0v) is 18.1. The Bertz CT molecular complexity index is 937. The van der Waals surface area contributed by atoms with Crippen molar-refractivity contribution in [3.63, 3.8) is 0 Å². The molecule has 1 aliphatic heterocycles. The first-order chi connectivity index (χ1) is 14.0. The van der Waals surface area contributed by atoms with Crippen LogP contribution in [0.15, 0.2) is 30.5 Å². The first kappa shape index (κ1) is 19.8. The highest BCUT2D eigenvalue weighted by molar-refractivity contribution is 7.20. The van der Waals surface area contributed by atoms with E-state index in [-0.39, 0.29) is 11.8 Å². The number of hydrogen-bond donors (Lipinski definition) is 1. The Morgan fingerprint density at radius 1 is 1.24 bits per heavy atom. The van der Waals surface area contributed by atoms with Crippen molar-refractivity contribution < 1.29 is 4.79 Å². The topological polar surface area (TPSA) is 65.8 Å². The number of benzene rings is 1. The van der Waals surface area contributed by atoms with E-state index in [1.54, 1.807) is 11.3 Å². The summed E-state index contributed by atoms with van der Waals surface area (Å²) in [5, 5.41) is 8.77. The number of nitrogens with one attached hydrogen (secondary N) is 1. The summed E-state index contributed by atoms with van der Waals surface area (Å²) in [5.41, 5.74) is 3.30. The van der Waals surface area contributed by atoms with E-state index in [0.717, 1.165) is 53.8 Å². The molecule has 3 aromatic rings. The first-order valence-electron chi connectivity index (χ1n) is 10.1. The second kappa shape index (κ2) is 8.51. The van der Waals surface area contributed by atoms with Crippen LogP contribution in [0, 0.1) is 12.8 Å². The van der Waals surface area contributed by atoms with E-state index in [1.807, 2.05) is 24.8 Å². The average molecular weight is 413 g/mol. The Morgan fingerprint density at radius 3 is 2.62 bits per heavy atom. The fraction of sp³-hybridized carbons (Fsp3) is 0.476. The van der Waals surface area contributed by atoms with Gasteiger partial charge >= 0.3 is 0 Å². The minimum absolute atomic E-state index is 0.102. The fourth-order valence-electron chi connectivity index (χ4n) is 3.56. The Balaban J connectivity index is 1.35. The van der Waals surface area contributed by atoms with Crippen LogP contribution in [-0.2, 0) is 4.79 Å². The standard InChI is InChI=1S/C21H28N6OS/c1-15-4-6-16(7-5-15)18-14-27-20(23-18)29-21(24-27)26-11-8-17(9-12-26)19(28)22-10-13-25(2)3/h4-7,14,17H,8-13H2,1-3H3,(H,22,28). The number of amides is 1. The number of rotatable bonds is 6. The van der Waals surface area contributed by atoms with E-state index >= 15 is 0 Å². The predicted octanol–water partition coefficient (Wildman–Crippen LogP) is 2.66. The van der Waals surface area contributed by atoms with E-state index in [1.165, 1.54) is 5.56 Å². The molecule has 1 aromatic carbocycles. The third kappa shape index (κ3) is 4.59. The zero-order valence-electron chi connectivity index (χ0n) is 17.3. The van der Waals surface area contributed by atoms with E-state index in [0.29, 0.717) is 6.54 Å². The largest absolute Gasteiger partial charge is 0.355 e. The second-order valence-corrected chi connectivity index (χ2v) is 8.89. The molecule has 154 valence electrons. The van der Waals surface area contributed by atoms with Gasteiger partial charge in [-0.25, -0.2) is 9.50 Å². The maximum atomic E-state index is 12.3. The van der Waals surface area contributed by atoms with Crippen LogP contribution < -0.4 is 10.2 Å². The molecule has 1 aliphatic rings. The van der Waals surface area contributed by atoms with Crippen molar-refractivity contribution in [3.05, 3.63) is 36.0 Å². The highest BCUT2D eigenvalue weighted by atomic mass is 32.1. The van der Waals surface area contributed by atoms with Crippen molar-refractivity contribution in [2.24, 2.45) is 5.92 Å². The number of anilines is 1. The molecule has 8 heteroatoms. The van der Waals surface area contributed by atoms with Crippen molar-refractivity contribution in [3.8, 4) is 11.3 Å². The van der Waals surface area contributed by atoms with Gasteiger partial charge in [-0.1, -0.05) is 41.2 Å². The average Bonchev–Trinajstić information content (AvgIpc) is 3.27. The van der Waals surface area contributed by atoms with Crippen LogP contribution in [-0.4, -0.2) is 65.7 Å². The molecule has 0 radical (unpaired) electrons. The van der Waals surface area contributed by atoms with Gasteiger partial charge in [0.25, 0.3) is 0 Å². The molecular formula is C21H28N6OS. The lowest BCUT2D eigenvalue weighted by Crippen LogP contribution is -2.42. The first-order valence-corrected chi connectivity index (χ1v) is 10.9. The molecule has 7 nitrogen and oxygen atoms in total. The molecular weight excluding hydrogens is 384 g/mol. The molecule has 0 aliphatic carbocycles. The van der Waals surface area contributed by atoms with Crippen molar-refractivity contribution >= 4 is 27.3 Å². The fourth-order valence-corrected chi connectivity index (χ4v) is 4.50. The molecule has 29 heavy (non-hydrogen) atoms. The Morgan fingerprint density at radius 2 is 1.97 bits per heavy atom. The Hall–Kier alpha value is -2.45. The van der Waals surface area contributed by atoms with Crippen LogP contribution in [0.25, 0.3) is 16.2 Å². The number of fused-ring (bicyclic) bond motifs is 1. The molecule has 1 amide bonds. The van der Waals surface area contributed by atoms with E-state index in [2.05, 4.69) is 46.3 Å². The molecule has 1 saturated heterocycles. The van der Waals surface area contributed by atoms with Crippen LogP contribution in [0.5, 0.6) is 0 Å². The number of likely N-dealkylation sites (N-methyl/N-ethyl adjacent to an activating group) is 1. The summed E-state index contributed by atoms with van der Waals surface area (Å²) in [6.07, 6.45) is 3.72. The zero-order chi connectivity index (χ0) is 20.4. The molecule has 2 aromatic heterocycles. The van der Waals surface area contributed by atoms with Gasteiger partial charge in [-0.2, -0.15) is 0 Å². The summed E-state index contributed by atoms with van der Waals surface area (Å²) < 4.78 is 1.87. The highest BCUT2D eigenvalue weighted by Gasteiger charge is 2.26. The van der Waals surface area contributed by atoms with Gasteiger partial charge in [-0.3, -0.25) is 4.79 Å². The molecule has 0 bridgehead atoms. The summed E-state index contributed by atoms with van der Waals surface area (Å²) in [6.45, 7) is 5.37. The van der Waals surface area contributed by atoms with E-state index in [9.17, 15) is 4.79 Å². The highest BCUT2D eigenvalue weighted by Crippen LogP contribution is 2.29. The lowest BCUT2D eigenvalue weighted by molar-refractivity contribution is -0.125. The molecule has 3 heterocycles. The van der Waals surface area contributed by atoms with Gasteiger partial charge in [0.05, 0.1) is 11.9 Å². The van der Waals surface area contributed by atoms with Crippen molar-refractivity contribution in [1.29, 1.82) is 0 Å². The number of imidazole rings is 1. The number of aromatic nitrogens is 3. The number of aryl methyl sites for hydroxylation is 1. The summed E-state index contributed by atoms with van der Waals surface area (Å²) >= 11 is 1.61. The van der Waals surface area contributed by atoms with E-state index < -0.39 is 0 Å². The molecule has 0 atom stereocenters. The maximum absolute atomic E-state index is 12.3. The van der Waals surface area contributed by atoms with Gasteiger partial charge in [0, 0.05) is 37.7 Å². The minimum Gasteiger partial charge on any atom is -0.355 e. The lowest BCUT2D eigenvalue weighted by Gasteiger charge is -2.30. The number of carbonyl (C=O) groups excluding carboxylic acids is 1. The van der Waals surface area contributed by atoms with Crippen molar-refractivity contribution in [2.75, 3.05) is 45.2 Å². The summed E-state index contributed by atoms with van der Waals surface area (Å²) in [6, 6.07) is 8.39. The van der Waals surface area contributed by atoms with Gasteiger partial charge in [0.2, 0.25) is 16.0 Å². The van der Waals surface area contributed by atoms with Gasteiger partial charge in [-0.15, -0.1) is 5.10 Å². The summed E-state index contributed by atoms with van der Waals surface area (Å²) in [7, 11) is 4.03. The number of piperidine rings is 1. The quantitative estimate of drug-likeness (QED) is 0.674. The lowest BCUT2D eigenvalue weighted by atomic mass is 9.96. The summed E-state index contributed by atoms with van der Waals surface area (Å²) in [5.74, 6) is 0.286. The molecule has 0 saturated carbocycles. The number of nitrogens with zero attached hydrogens (tertiary/aromatic N) is 5. The van der Waals surface area contributed by atoms with Gasteiger partial charge < -0.3 is 15.1 Å². The van der Waals surface area contributed by atoms with Gasteiger partial charge in [0.15, 0.2) is 0 Å². The third-order valence-electron chi connectivity index (χ3n) is 5.37. The smallest absolute Gasteiger partial charge is 0.223 e. The third-order valence-corrected chi connectivity index (χ3v) is 6.36. The minimum atomic E-state index is 0.102. The van der Waals surface area contributed by atoms with Crippen molar-refractivity contribution in [1.82, 2.24) is 24.8 Å². The van der Waals surface area contributed by atoms with E-state index in [4.69, 9.17) is 10.1 Å². The predicted molar refractivity (Wildman–Crippen MR) is 118 cm³/mol. The SMILES string of the molecule is Cc1ccc(-c2cn3nc(N4CCC(C(=O)NCCN(C)C)CC4)sc3n2)cc1. The normalized spacial score (nSPS) is 15.4. The summed E-state index contributed by atoms with van der Waals surface area (Å²) in [4.78, 5) is 22.3. The molecule has 1 N–H and O–H groups in total. The van der Waals surface area contributed by atoms with Gasteiger partial charge in [0.1, 0.15) is 0 Å². The Labute approximate surface area is 175 Å². The number of carbonyl (C=O) groups is 1.